The molecule has 1 aromatic rings. The van der Waals surface area contributed by atoms with E-state index in [0.717, 1.165) is 17.8 Å². The number of Topliss-reactive ketones (excluding diaryl/α,β-unsaturated/α-hetero) is 1. The summed E-state index contributed by atoms with van der Waals surface area (Å²) in [6, 6.07) is 7.74. The van der Waals surface area contributed by atoms with Crippen molar-refractivity contribution in [2.24, 2.45) is 0 Å². The Kier molecular flexibility index (Phi) is 7.95. The van der Waals surface area contributed by atoms with Crippen LogP contribution < -0.4 is 5.32 Å². The molecule has 0 heterocycles. The van der Waals surface area contributed by atoms with Gasteiger partial charge in [-0.15, -0.1) is 0 Å². The van der Waals surface area contributed by atoms with E-state index in [-0.39, 0.29) is 5.78 Å². The standard InChI is InChI=1S/C17H27NO/c1-3-4-5-6-7-8-9-14-18-17-12-10-16(11-13-17)15(2)19/h10-13,18H,3-9,14H2,1-2H3. The molecule has 19 heavy (non-hydrogen) atoms. The van der Waals surface area contributed by atoms with Crippen LogP contribution in [0.5, 0.6) is 0 Å². The fourth-order valence-electron chi connectivity index (χ4n) is 2.14. The summed E-state index contributed by atoms with van der Waals surface area (Å²) in [4.78, 5) is 11.1. The number of benzene rings is 1. The maximum atomic E-state index is 11.1. The molecule has 0 saturated carbocycles. The van der Waals surface area contributed by atoms with Crippen LogP contribution in [-0.2, 0) is 0 Å². The van der Waals surface area contributed by atoms with Gasteiger partial charge in [0, 0.05) is 17.8 Å². The van der Waals surface area contributed by atoms with Crippen molar-refractivity contribution in [1.82, 2.24) is 0 Å². The van der Waals surface area contributed by atoms with Gasteiger partial charge in [-0.1, -0.05) is 45.4 Å². The number of unbranched alkanes of at least 4 members (excludes halogenated alkanes) is 6. The minimum Gasteiger partial charge on any atom is -0.385 e. The van der Waals surface area contributed by atoms with Crippen LogP contribution in [0.2, 0.25) is 0 Å². The van der Waals surface area contributed by atoms with Crippen LogP contribution in [0.25, 0.3) is 0 Å². The number of hydrogen-bond acceptors (Lipinski definition) is 2. The van der Waals surface area contributed by atoms with E-state index in [0.29, 0.717) is 0 Å². The first-order chi connectivity index (χ1) is 9.24. The molecule has 106 valence electrons. The van der Waals surface area contributed by atoms with Gasteiger partial charge in [0.15, 0.2) is 5.78 Å². The molecular formula is C17H27NO. The Balaban J connectivity index is 2.07. The third kappa shape index (κ3) is 7.00. The van der Waals surface area contributed by atoms with Crippen LogP contribution in [-0.4, -0.2) is 12.3 Å². The number of rotatable bonds is 10. The molecule has 0 aliphatic heterocycles. The highest BCUT2D eigenvalue weighted by atomic mass is 16.1. The van der Waals surface area contributed by atoms with Gasteiger partial charge in [0.05, 0.1) is 0 Å². The van der Waals surface area contributed by atoms with Gasteiger partial charge in [0.25, 0.3) is 0 Å². The van der Waals surface area contributed by atoms with Gasteiger partial charge in [-0.05, 0) is 37.6 Å². The summed E-state index contributed by atoms with van der Waals surface area (Å²) in [5.41, 5.74) is 1.89. The van der Waals surface area contributed by atoms with E-state index in [1.807, 2.05) is 24.3 Å². The lowest BCUT2D eigenvalue weighted by Gasteiger charge is -2.06. The summed E-state index contributed by atoms with van der Waals surface area (Å²) in [6.07, 6.45) is 9.34. The van der Waals surface area contributed by atoms with Crippen molar-refractivity contribution in [3.8, 4) is 0 Å². The highest BCUT2D eigenvalue weighted by molar-refractivity contribution is 5.94. The monoisotopic (exact) mass is 261 g/mol. The van der Waals surface area contributed by atoms with Crippen LogP contribution in [0.1, 0.15) is 69.2 Å². The summed E-state index contributed by atoms with van der Waals surface area (Å²) >= 11 is 0. The van der Waals surface area contributed by atoms with Crippen molar-refractivity contribution in [3.63, 3.8) is 0 Å². The highest BCUT2D eigenvalue weighted by Gasteiger charge is 1.98. The summed E-state index contributed by atoms with van der Waals surface area (Å²) < 4.78 is 0. The van der Waals surface area contributed by atoms with E-state index in [1.165, 1.54) is 44.9 Å². The molecule has 0 unspecified atom stereocenters. The van der Waals surface area contributed by atoms with Gasteiger partial charge in [0.1, 0.15) is 0 Å². The zero-order valence-corrected chi connectivity index (χ0v) is 12.4. The number of hydrogen-bond donors (Lipinski definition) is 1. The number of ketones is 1. The summed E-state index contributed by atoms with van der Waals surface area (Å²) in [6.45, 7) is 4.87. The van der Waals surface area contributed by atoms with Gasteiger partial charge in [-0.25, -0.2) is 0 Å². The third-order valence-electron chi connectivity index (χ3n) is 3.40. The molecule has 0 aromatic heterocycles. The first kappa shape index (κ1) is 15.7. The second kappa shape index (κ2) is 9.60. The van der Waals surface area contributed by atoms with Crippen LogP contribution >= 0.6 is 0 Å². The lowest BCUT2D eigenvalue weighted by molar-refractivity contribution is 0.101. The predicted octanol–water partition coefficient (Wildman–Crippen LogP) is 5.05. The fourth-order valence-corrected chi connectivity index (χ4v) is 2.14. The Morgan fingerprint density at radius 2 is 1.53 bits per heavy atom. The van der Waals surface area contributed by atoms with E-state index in [9.17, 15) is 4.79 Å². The van der Waals surface area contributed by atoms with Gasteiger partial charge in [-0.3, -0.25) is 4.79 Å². The van der Waals surface area contributed by atoms with Crippen LogP contribution in [0.3, 0.4) is 0 Å². The molecule has 0 atom stereocenters. The SMILES string of the molecule is CCCCCCCCCNc1ccc(C(C)=O)cc1. The molecule has 0 bridgehead atoms. The maximum Gasteiger partial charge on any atom is 0.159 e. The second-order valence-electron chi connectivity index (χ2n) is 5.18. The molecule has 0 radical (unpaired) electrons. The van der Waals surface area contributed by atoms with E-state index in [1.54, 1.807) is 6.92 Å². The Bertz CT molecular complexity index is 356. The largest absolute Gasteiger partial charge is 0.385 e. The first-order valence-electron chi connectivity index (χ1n) is 7.59. The zero-order chi connectivity index (χ0) is 13.9. The molecule has 0 amide bonds. The van der Waals surface area contributed by atoms with Crippen LogP contribution in [0.4, 0.5) is 5.69 Å². The van der Waals surface area contributed by atoms with Gasteiger partial charge in [0.2, 0.25) is 0 Å². The average Bonchev–Trinajstić information content (AvgIpc) is 2.42. The molecule has 1 N–H and O–H groups in total. The number of carbonyl (C=O) groups excluding carboxylic acids is 1. The molecule has 0 aliphatic carbocycles. The van der Waals surface area contributed by atoms with Crippen molar-refractivity contribution in [2.75, 3.05) is 11.9 Å². The topological polar surface area (TPSA) is 29.1 Å². The van der Waals surface area contributed by atoms with E-state index >= 15 is 0 Å². The van der Waals surface area contributed by atoms with Crippen molar-refractivity contribution in [3.05, 3.63) is 29.8 Å². The minimum absolute atomic E-state index is 0.124. The highest BCUT2D eigenvalue weighted by Crippen LogP contribution is 2.11. The molecule has 0 saturated heterocycles. The van der Waals surface area contributed by atoms with Gasteiger partial charge < -0.3 is 5.32 Å². The summed E-state index contributed by atoms with van der Waals surface area (Å²) in [5.74, 6) is 0.124. The Morgan fingerprint density at radius 1 is 0.947 bits per heavy atom. The molecule has 2 heteroatoms. The van der Waals surface area contributed by atoms with Crippen molar-refractivity contribution >= 4 is 11.5 Å². The molecule has 2 nitrogen and oxygen atoms in total. The van der Waals surface area contributed by atoms with Gasteiger partial charge >= 0.3 is 0 Å². The Morgan fingerprint density at radius 3 is 2.11 bits per heavy atom. The third-order valence-corrected chi connectivity index (χ3v) is 3.40. The molecule has 1 rings (SSSR count). The zero-order valence-electron chi connectivity index (χ0n) is 12.4. The maximum absolute atomic E-state index is 11.1. The lowest BCUT2D eigenvalue weighted by atomic mass is 10.1. The van der Waals surface area contributed by atoms with Crippen molar-refractivity contribution in [2.45, 2.75) is 58.8 Å². The van der Waals surface area contributed by atoms with Gasteiger partial charge in [-0.2, -0.15) is 0 Å². The quantitative estimate of drug-likeness (QED) is 0.471. The number of carbonyl (C=O) groups is 1. The summed E-state index contributed by atoms with van der Waals surface area (Å²) in [5, 5.41) is 3.40. The molecular weight excluding hydrogens is 234 g/mol. The van der Waals surface area contributed by atoms with E-state index < -0.39 is 0 Å². The number of nitrogens with one attached hydrogen (secondary N) is 1. The first-order valence-corrected chi connectivity index (χ1v) is 7.59. The van der Waals surface area contributed by atoms with Crippen LogP contribution in [0, 0.1) is 0 Å². The normalized spacial score (nSPS) is 10.4. The molecule has 0 spiro atoms. The Hall–Kier alpha value is -1.31. The second-order valence-corrected chi connectivity index (χ2v) is 5.18. The summed E-state index contributed by atoms with van der Waals surface area (Å²) in [7, 11) is 0. The smallest absolute Gasteiger partial charge is 0.159 e. The average molecular weight is 261 g/mol. The van der Waals surface area contributed by atoms with Crippen molar-refractivity contribution < 1.29 is 4.79 Å². The molecule has 0 fully saturated rings. The fraction of sp³-hybridized carbons (Fsp3) is 0.588. The Labute approximate surface area is 117 Å². The van der Waals surface area contributed by atoms with Crippen molar-refractivity contribution in [1.29, 1.82) is 0 Å². The predicted molar refractivity (Wildman–Crippen MR) is 82.9 cm³/mol. The minimum atomic E-state index is 0.124. The van der Waals surface area contributed by atoms with Crippen LogP contribution in [0.15, 0.2) is 24.3 Å². The van der Waals surface area contributed by atoms with E-state index in [2.05, 4.69) is 12.2 Å². The lowest BCUT2D eigenvalue weighted by Crippen LogP contribution is -2.01. The molecule has 0 aliphatic rings. The number of anilines is 1. The molecule has 1 aromatic carbocycles. The van der Waals surface area contributed by atoms with E-state index in [4.69, 9.17) is 0 Å².